The van der Waals surface area contributed by atoms with Gasteiger partial charge in [-0.05, 0) is 13.7 Å². The first-order chi connectivity index (χ1) is 5.19. The molecule has 0 saturated heterocycles. The van der Waals surface area contributed by atoms with E-state index in [1.165, 1.54) is 0 Å². The van der Waals surface area contributed by atoms with E-state index in [0.717, 1.165) is 6.08 Å². The number of hydrogen-bond donors (Lipinski definition) is 1. The molecular weight excluding hydrogens is 76.1 g/mol. The fraction of sp³-hybridized carbons (Fsp3) is 0.600. The van der Waals surface area contributed by atoms with Gasteiger partial charge < -0.3 is 5.11 Å². The smallest absolute Gasteiger partial charge is 0.0614 e. The van der Waals surface area contributed by atoms with Gasteiger partial charge >= 0.3 is 0 Å². The molecule has 0 aliphatic heterocycles. The number of hydrogen-bond acceptors (Lipinski definition) is 1. The predicted octanol–water partition coefficient (Wildman–Crippen LogP) is 0.945. The van der Waals surface area contributed by atoms with E-state index in [2.05, 4.69) is 0 Å². The van der Waals surface area contributed by atoms with Crippen LogP contribution in [0.25, 0.3) is 0 Å². The third kappa shape index (κ3) is 3.70. The molecule has 1 N–H and O–H groups in total. The summed E-state index contributed by atoms with van der Waals surface area (Å²) in [5, 5.41) is 8.39. The maximum Gasteiger partial charge on any atom is 0.0614 e. The van der Waals surface area contributed by atoms with Crippen molar-refractivity contribution in [3.05, 3.63) is 11.6 Å². The van der Waals surface area contributed by atoms with Gasteiger partial charge in [-0.3, -0.25) is 0 Å². The van der Waals surface area contributed by atoms with Crippen LogP contribution in [-0.2, 0) is 0 Å². The Balaban J connectivity index is 4.83. The number of aliphatic hydroxyl groups excluding tert-OH is 1. The molecule has 0 amide bonds. The standard InChI is InChI=1S/C5H10O/c1-5(2)3-4-6/h3,6H,4H2,1-2H3/i1D3,2D3. The van der Waals surface area contributed by atoms with Crippen molar-refractivity contribution in [2.24, 2.45) is 0 Å². The quantitative estimate of drug-likeness (QED) is 0.477. The van der Waals surface area contributed by atoms with Gasteiger partial charge in [-0.25, -0.2) is 0 Å². The average molecular weight is 92.2 g/mol. The Morgan fingerprint density at radius 1 is 2.00 bits per heavy atom. The van der Waals surface area contributed by atoms with Gasteiger partial charge in [-0.15, -0.1) is 0 Å². The summed E-state index contributed by atoms with van der Waals surface area (Å²) in [6.07, 6.45) is 0.806. The molecule has 0 radical (unpaired) electrons. The molecule has 0 saturated carbocycles. The highest BCUT2D eigenvalue weighted by Gasteiger charge is 1.68. The minimum absolute atomic E-state index is 0.577. The SMILES string of the molecule is [2H]C([2H])([2H])C(=CCO)C([2H])([2H])[2H]. The van der Waals surface area contributed by atoms with Gasteiger partial charge in [0.05, 0.1) is 6.61 Å². The van der Waals surface area contributed by atoms with Crippen LogP contribution in [0.1, 0.15) is 21.9 Å². The lowest BCUT2D eigenvalue weighted by Gasteiger charge is -1.80. The second kappa shape index (κ2) is 2.91. The van der Waals surface area contributed by atoms with Gasteiger partial charge in [0, 0.05) is 8.22 Å². The van der Waals surface area contributed by atoms with Crippen molar-refractivity contribution in [2.45, 2.75) is 13.7 Å². The second-order valence-corrected chi connectivity index (χ2v) is 0.800. The monoisotopic (exact) mass is 92.1 g/mol. The fourth-order valence-corrected chi connectivity index (χ4v) is 0.0913. The molecular formula is C5H10O. The summed E-state index contributed by atoms with van der Waals surface area (Å²) in [6, 6.07) is 0. The Hall–Kier alpha value is -0.300. The van der Waals surface area contributed by atoms with Gasteiger partial charge in [0.2, 0.25) is 0 Å². The molecule has 0 aliphatic carbocycles. The molecule has 0 bridgehead atoms. The van der Waals surface area contributed by atoms with Gasteiger partial charge in [-0.2, -0.15) is 0 Å². The summed E-state index contributed by atoms with van der Waals surface area (Å²) in [5.41, 5.74) is -0.683. The molecule has 1 heteroatoms. The fourth-order valence-electron chi connectivity index (χ4n) is 0.0913. The summed E-state index contributed by atoms with van der Waals surface area (Å²) in [4.78, 5) is 0. The van der Waals surface area contributed by atoms with Crippen molar-refractivity contribution >= 4 is 0 Å². The lowest BCUT2D eigenvalue weighted by Crippen LogP contribution is -1.71. The van der Waals surface area contributed by atoms with Gasteiger partial charge in [-0.1, -0.05) is 11.6 Å². The van der Waals surface area contributed by atoms with E-state index in [0.29, 0.717) is 0 Å². The maximum atomic E-state index is 8.39. The summed E-state index contributed by atoms with van der Waals surface area (Å²) >= 11 is 0. The van der Waals surface area contributed by atoms with Gasteiger partial charge in [0.25, 0.3) is 0 Å². The molecule has 0 heterocycles. The molecule has 0 aliphatic rings. The Bertz CT molecular complexity index is 159. The van der Waals surface area contributed by atoms with Crippen molar-refractivity contribution in [3.8, 4) is 0 Å². The van der Waals surface area contributed by atoms with Gasteiger partial charge in [0.15, 0.2) is 0 Å². The minimum Gasteiger partial charge on any atom is -0.392 e. The van der Waals surface area contributed by atoms with Crippen LogP contribution in [0.3, 0.4) is 0 Å². The number of aliphatic hydroxyl groups is 1. The molecule has 0 unspecified atom stereocenters. The van der Waals surface area contributed by atoms with Crippen molar-refractivity contribution in [1.82, 2.24) is 0 Å². The third-order valence-electron chi connectivity index (χ3n) is 0.295. The first-order valence-electron chi connectivity index (χ1n) is 4.51. The third-order valence-corrected chi connectivity index (χ3v) is 0.295. The summed E-state index contributed by atoms with van der Waals surface area (Å²) < 4.78 is 41.1. The van der Waals surface area contributed by atoms with Crippen LogP contribution >= 0.6 is 0 Å². The molecule has 0 aromatic carbocycles. The Morgan fingerprint density at radius 2 is 2.67 bits per heavy atom. The van der Waals surface area contributed by atoms with Crippen LogP contribution in [0.2, 0.25) is 0 Å². The zero-order valence-corrected chi connectivity index (χ0v) is 3.23. The summed E-state index contributed by atoms with van der Waals surface area (Å²) in [5.74, 6) is 0. The molecule has 0 rings (SSSR count). The van der Waals surface area contributed by atoms with E-state index in [9.17, 15) is 0 Å². The van der Waals surface area contributed by atoms with Crippen LogP contribution in [0.15, 0.2) is 11.6 Å². The average Bonchev–Trinajstić information content (AvgIpc) is 1.77. The number of rotatable bonds is 1. The van der Waals surface area contributed by atoms with E-state index >= 15 is 0 Å². The molecule has 0 fully saturated rings. The van der Waals surface area contributed by atoms with Crippen molar-refractivity contribution < 1.29 is 13.3 Å². The largest absolute Gasteiger partial charge is 0.392 e. The highest BCUT2D eigenvalue weighted by molar-refractivity contribution is 4.91. The van der Waals surface area contributed by atoms with E-state index in [-0.39, 0.29) is 0 Å². The normalized spacial score (nSPS) is 26.8. The zero-order valence-electron chi connectivity index (χ0n) is 9.23. The lowest BCUT2D eigenvalue weighted by atomic mass is 10.3. The molecule has 0 atom stereocenters. The van der Waals surface area contributed by atoms with Crippen molar-refractivity contribution in [3.63, 3.8) is 0 Å². The van der Waals surface area contributed by atoms with Gasteiger partial charge in [0.1, 0.15) is 0 Å². The molecule has 0 spiro atoms. The molecule has 6 heavy (non-hydrogen) atoms. The minimum atomic E-state index is -2.66. The first-order valence-corrected chi connectivity index (χ1v) is 1.51. The number of allylic oxidation sites excluding steroid dienone is 1. The Kier molecular flexibility index (Phi) is 0.534. The highest BCUT2D eigenvalue weighted by Crippen LogP contribution is 1.83. The van der Waals surface area contributed by atoms with Crippen LogP contribution in [-0.4, -0.2) is 11.7 Å². The van der Waals surface area contributed by atoms with E-state index in [1.54, 1.807) is 0 Å². The molecule has 0 aromatic heterocycles. The zero-order chi connectivity index (χ0) is 9.99. The predicted molar refractivity (Wildman–Crippen MR) is 26.5 cm³/mol. The van der Waals surface area contributed by atoms with E-state index in [1.807, 2.05) is 0 Å². The molecule has 1 nitrogen and oxygen atoms in total. The first kappa shape index (κ1) is 1.10. The van der Waals surface area contributed by atoms with Crippen LogP contribution in [0.4, 0.5) is 0 Å². The molecule has 0 aromatic rings. The molecule has 36 valence electrons. The van der Waals surface area contributed by atoms with Crippen molar-refractivity contribution in [2.75, 3.05) is 6.61 Å². The lowest BCUT2D eigenvalue weighted by molar-refractivity contribution is 0.342. The summed E-state index contributed by atoms with van der Waals surface area (Å²) in [6.45, 7) is -5.89. The summed E-state index contributed by atoms with van der Waals surface area (Å²) in [7, 11) is 0. The van der Waals surface area contributed by atoms with Crippen LogP contribution in [0, 0.1) is 0 Å². The second-order valence-electron chi connectivity index (χ2n) is 0.800. The van der Waals surface area contributed by atoms with Crippen LogP contribution < -0.4 is 0 Å². The van der Waals surface area contributed by atoms with Crippen LogP contribution in [0.5, 0.6) is 0 Å². The van der Waals surface area contributed by atoms with Crippen molar-refractivity contribution in [1.29, 1.82) is 0 Å². The Labute approximate surface area is 46.7 Å². The highest BCUT2D eigenvalue weighted by atomic mass is 16.2. The Morgan fingerprint density at radius 3 is 2.83 bits per heavy atom. The topological polar surface area (TPSA) is 20.2 Å². The van der Waals surface area contributed by atoms with E-state index in [4.69, 9.17) is 13.3 Å². The maximum absolute atomic E-state index is 8.39. The van der Waals surface area contributed by atoms with E-state index < -0.39 is 25.9 Å².